The largest absolute Gasteiger partial charge is 0.476 e. The van der Waals surface area contributed by atoms with Crippen molar-refractivity contribution in [3.8, 4) is 0 Å². The molecular formula is C12H14F2O3S. The van der Waals surface area contributed by atoms with Gasteiger partial charge in [-0.3, -0.25) is 0 Å². The SMILES string of the molecule is CC(C)(C)c1ccc(S(=O)C(F)(F)C(=O)O)cc1. The number of carboxylic acids is 1. The molecule has 18 heavy (non-hydrogen) atoms. The summed E-state index contributed by atoms with van der Waals surface area (Å²) in [5.41, 5.74) is 0.733. The van der Waals surface area contributed by atoms with Gasteiger partial charge in [0, 0.05) is 4.90 Å². The lowest BCUT2D eigenvalue weighted by atomic mass is 9.87. The highest BCUT2D eigenvalue weighted by atomic mass is 32.2. The maximum Gasteiger partial charge on any atom is 0.419 e. The van der Waals surface area contributed by atoms with Crippen molar-refractivity contribution in [1.82, 2.24) is 0 Å². The summed E-state index contributed by atoms with van der Waals surface area (Å²) in [6.45, 7) is 5.85. The first kappa shape index (κ1) is 14.8. The normalized spacial score (nSPS) is 14.3. The number of halogens is 2. The van der Waals surface area contributed by atoms with E-state index in [0.29, 0.717) is 0 Å². The van der Waals surface area contributed by atoms with E-state index in [1.165, 1.54) is 12.1 Å². The summed E-state index contributed by atoms with van der Waals surface area (Å²) in [6, 6.07) is 5.69. The molecular weight excluding hydrogens is 262 g/mol. The first-order valence-electron chi connectivity index (χ1n) is 5.20. The molecule has 0 aliphatic rings. The number of alkyl halides is 2. The lowest BCUT2D eigenvalue weighted by Gasteiger charge is -2.19. The Hall–Kier alpha value is -1.30. The van der Waals surface area contributed by atoms with Crippen molar-refractivity contribution in [2.75, 3.05) is 0 Å². The predicted molar refractivity (Wildman–Crippen MR) is 64.1 cm³/mol. The van der Waals surface area contributed by atoms with Crippen LogP contribution in [0, 0.1) is 0 Å². The molecule has 0 aromatic heterocycles. The summed E-state index contributed by atoms with van der Waals surface area (Å²) in [5, 5.41) is 4.04. The van der Waals surface area contributed by atoms with E-state index in [0.717, 1.165) is 5.56 Å². The number of rotatable bonds is 3. The molecule has 0 amide bonds. The molecule has 0 heterocycles. The zero-order valence-electron chi connectivity index (χ0n) is 10.2. The van der Waals surface area contributed by atoms with Gasteiger partial charge in [0.15, 0.2) is 0 Å². The molecule has 3 nitrogen and oxygen atoms in total. The van der Waals surface area contributed by atoms with Crippen molar-refractivity contribution in [2.45, 2.75) is 36.3 Å². The molecule has 0 bridgehead atoms. The van der Waals surface area contributed by atoms with Gasteiger partial charge in [-0.15, -0.1) is 0 Å². The Morgan fingerprint density at radius 3 is 1.94 bits per heavy atom. The maximum absolute atomic E-state index is 13.1. The minimum Gasteiger partial charge on any atom is -0.476 e. The number of carboxylic acid groups (broad SMARTS) is 1. The summed E-state index contributed by atoms with van der Waals surface area (Å²) in [7, 11) is -2.89. The Kier molecular flexibility index (Phi) is 3.90. The highest BCUT2D eigenvalue weighted by Gasteiger charge is 2.46. The molecule has 100 valence electrons. The fraction of sp³-hybridized carbons (Fsp3) is 0.417. The van der Waals surface area contributed by atoms with Crippen molar-refractivity contribution in [2.24, 2.45) is 0 Å². The van der Waals surface area contributed by atoms with Gasteiger partial charge in [-0.05, 0) is 23.1 Å². The molecule has 1 atom stereocenters. The molecule has 1 rings (SSSR count). The second kappa shape index (κ2) is 4.76. The van der Waals surface area contributed by atoms with Crippen molar-refractivity contribution in [3.63, 3.8) is 0 Å². The average molecular weight is 276 g/mol. The Labute approximate surface area is 106 Å². The Morgan fingerprint density at radius 2 is 1.61 bits per heavy atom. The first-order valence-corrected chi connectivity index (χ1v) is 6.35. The van der Waals surface area contributed by atoms with Crippen LogP contribution in [0.1, 0.15) is 26.3 Å². The number of hydrogen-bond donors (Lipinski definition) is 1. The van der Waals surface area contributed by atoms with E-state index in [1.807, 2.05) is 20.8 Å². The smallest absolute Gasteiger partial charge is 0.419 e. The lowest BCUT2D eigenvalue weighted by Crippen LogP contribution is -2.33. The van der Waals surface area contributed by atoms with Crippen LogP contribution >= 0.6 is 0 Å². The second-order valence-electron chi connectivity index (χ2n) is 4.87. The quantitative estimate of drug-likeness (QED) is 0.923. The fourth-order valence-corrected chi connectivity index (χ4v) is 2.14. The minimum atomic E-state index is -4.27. The molecule has 0 radical (unpaired) electrons. The van der Waals surface area contributed by atoms with Crippen LogP contribution in [0.2, 0.25) is 0 Å². The third-order valence-corrected chi connectivity index (χ3v) is 3.76. The van der Waals surface area contributed by atoms with Crippen LogP contribution in [0.15, 0.2) is 29.2 Å². The highest BCUT2D eigenvalue weighted by molar-refractivity contribution is 7.87. The monoisotopic (exact) mass is 276 g/mol. The molecule has 1 unspecified atom stereocenters. The van der Waals surface area contributed by atoms with Crippen molar-refractivity contribution >= 4 is 16.8 Å². The second-order valence-corrected chi connectivity index (χ2v) is 6.39. The molecule has 0 spiro atoms. The molecule has 0 aliphatic carbocycles. The summed E-state index contributed by atoms with van der Waals surface area (Å²) >= 11 is 0. The Bertz CT molecular complexity index is 475. The van der Waals surface area contributed by atoms with Gasteiger partial charge in [-0.2, -0.15) is 8.78 Å². The van der Waals surface area contributed by atoms with Crippen LogP contribution in [0.4, 0.5) is 8.78 Å². The fourth-order valence-electron chi connectivity index (χ4n) is 1.31. The molecule has 0 fully saturated rings. The maximum atomic E-state index is 13.1. The first-order chi connectivity index (χ1) is 8.06. The number of benzene rings is 1. The summed E-state index contributed by atoms with van der Waals surface area (Å²) in [5.74, 6) is -2.39. The highest BCUT2D eigenvalue weighted by Crippen LogP contribution is 2.28. The van der Waals surface area contributed by atoms with Gasteiger partial charge in [-0.25, -0.2) is 9.00 Å². The van der Waals surface area contributed by atoms with Crippen LogP contribution in [-0.4, -0.2) is 20.5 Å². The average Bonchev–Trinajstić information content (AvgIpc) is 2.26. The number of carbonyl (C=O) groups is 1. The van der Waals surface area contributed by atoms with Gasteiger partial charge >= 0.3 is 11.2 Å². The van der Waals surface area contributed by atoms with Crippen LogP contribution in [0.25, 0.3) is 0 Å². The van der Waals surface area contributed by atoms with E-state index in [2.05, 4.69) is 0 Å². The molecule has 0 aliphatic heterocycles. The van der Waals surface area contributed by atoms with Gasteiger partial charge in [0.1, 0.15) is 10.8 Å². The standard InChI is InChI=1S/C12H14F2O3S/c1-11(2,3)8-4-6-9(7-5-8)18(17)12(13,14)10(15)16/h4-7H,1-3H3,(H,15,16). The molecule has 1 N–H and O–H groups in total. The van der Waals surface area contributed by atoms with E-state index < -0.39 is 22.0 Å². The Balaban J connectivity index is 3.07. The van der Waals surface area contributed by atoms with Crippen LogP contribution in [0.5, 0.6) is 0 Å². The van der Waals surface area contributed by atoms with Gasteiger partial charge in [-0.1, -0.05) is 32.9 Å². The van der Waals surface area contributed by atoms with Crippen LogP contribution in [-0.2, 0) is 21.0 Å². The van der Waals surface area contributed by atoms with Gasteiger partial charge in [0.2, 0.25) is 0 Å². The molecule has 1 aromatic carbocycles. The van der Waals surface area contributed by atoms with E-state index in [4.69, 9.17) is 5.11 Å². The molecule has 1 aromatic rings. The molecule has 0 saturated heterocycles. The van der Waals surface area contributed by atoms with Crippen molar-refractivity contribution in [1.29, 1.82) is 0 Å². The van der Waals surface area contributed by atoms with Gasteiger partial charge in [0.25, 0.3) is 0 Å². The third kappa shape index (κ3) is 2.93. The van der Waals surface area contributed by atoms with Crippen molar-refractivity contribution < 1.29 is 22.9 Å². The molecule has 6 heteroatoms. The topological polar surface area (TPSA) is 54.4 Å². The minimum absolute atomic E-state index is 0.157. The summed E-state index contributed by atoms with van der Waals surface area (Å²) < 4.78 is 37.6. The zero-order valence-corrected chi connectivity index (χ0v) is 11.1. The van der Waals surface area contributed by atoms with E-state index in [1.54, 1.807) is 12.1 Å². The third-order valence-electron chi connectivity index (χ3n) is 2.42. The summed E-state index contributed by atoms with van der Waals surface area (Å²) in [6.07, 6.45) is 0. The van der Waals surface area contributed by atoms with E-state index in [9.17, 15) is 17.8 Å². The van der Waals surface area contributed by atoms with Crippen LogP contribution in [0.3, 0.4) is 0 Å². The Morgan fingerprint density at radius 1 is 1.17 bits per heavy atom. The lowest BCUT2D eigenvalue weighted by molar-refractivity contribution is -0.153. The van der Waals surface area contributed by atoms with E-state index in [-0.39, 0.29) is 10.3 Å². The molecule has 0 saturated carbocycles. The van der Waals surface area contributed by atoms with E-state index >= 15 is 0 Å². The predicted octanol–water partition coefficient (Wildman–Crippen LogP) is 2.77. The van der Waals surface area contributed by atoms with Crippen molar-refractivity contribution in [3.05, 3.63) is 29.8 Å². The number of aliphatic carboxylic acids is 1. The number of hydrogen-bond acceptors (Lipinski definition) is 2. The summed E-state index contributed by atoms with van der Waals surface area (Å²) in [4.78, 5) is 10.1. The van der Waals surface area contributed by atoms with Crippen LogP contribution < -0.4 is 0 Å². The van der Waals surface area contributed by atoms with Gasteiger partial charge < -0.3 is 5.11 Å². The zero-order chi connectivity index (χ0) is 14.1. The van der Waals surface area contributed by atoms with Gasteiger partial charge in [0.05, 0.1) is 0 Å².